The highest BCUT2D eigenvalue weighted by Crippen LogP contribution is 2.29. The molecule has 0 saturated carbocycles. The molecule has 4 heterocycles. The van der Waals surface area contributed by atoms with Crippen LogP contribution in [-0.4, -0.2) is 53.1 Å². The summed E-state index contributed by atoms with van der Waals surface area (Å²) in [5.41, 5.74) is 6.60. The summed E-state index contributed by atoms with van der Waals surface area (Å²) in [7, 11) is -3.69. The number of hydrogen-bond donors (Lipinski definition) is 1. The monoisotopic (exact) mass is 469 g/mol. The Labute approximate surface area is 180 Å². The molecule has 0 atom stereocenters. The first-order valence-electron chi connectivity index (χ1n) is 8.52. The Hall–Kier alpha value is -2.05. The molecule has 152 valence electrons. The predicted octanol–water partition coefficient (Wildman–Crippen LogP) is 2.63. The first-order chi connectivity index (χ1) is 13.8. The molecule has 1 fully saturated rings. The number of carbonyl (C=O) groups is 1. The average molecular weight is 470 g/mol. The fourth-order valence-corrected chi connectivity index (χ4v) is 6.11. The van der Waals surface area contributed by atoms with Crippen molar-refractivity contribution in [3.8, 4) is 0 Å². The molecule has 1 aliphatic heterocycles. The lowest BCUT2D eigenvalue weighted by Gasteiger charge is -2.32. The van der Waals surface area contributed by atoms with Crippen LogP contribution in [0.1, 0.15) is 9.75 Å². The van der Waals surface area contributed by atoms with Gasteiger partial charge in [0.2, 0.25) is 15.9 Å². The van der Waals surface area contributed by atoms with E-state index in [1.54, 1.807) is 17.0 Å². The number of piperazine rings is 1. The molecule has 0 spiro atoms. The molecule has 3 aromatic rings. The van der Waals surface area contributed by atoms with E-state index in [0.717, 1.165) is 25.4 Å². The molecule has 2 N–H and O–H groups in total. The number of nitrogen functional groups attached to an aromatic ring is 1. The molecule has 8 nitrogen and oxygen atoms in total. The fourth-order valence-electron chi connectivity index (χ4n) is 2.92. The van der Waals surface area contributed by atoms with Gasteiger partial charge in [0, 0.05) is 28.3 Å². The van der Waals surface area contributed by atoms with Gasteiger partial charge in [0.25, 0.3) is 0 Å². The molecule has 4 rings (SSSR count). The van der Waals surface area contributed by atoms with E-state index in [4.69, 9.17) is 17.3 Å². The Morgan fingerprint density at radius 2 is 2.07 bits per heavy atom. The summed E-state index contributed by atoms with van der Waals surface area (Å²) in [6.07, 6.45) is 2.89. The maximum Gasteiger partial charge on any atom is 0.238 e. The molecule has 29 heavy (non-hydrogen) atoms. The van der Waals surface area contributed by atoms with E-state index in [1.165, 1.54) is 39.4 Å². The summed E-state index contributed by atoms with van der Waals surface area (Å²) in [5, 5.41) is 1.12. The number of rotatable bonds is 5. The number of anilines is 1. The second kappa shape index (κ2) is 8.00. The number of nitrogens with zero attached hydrogens (tertiary/aromatic N) is 4. The number of amides is 1. The zero-order valence-electron chi connectivity index (χ0n) is 15.0. The number of nitrogens with two attached hydrogens (primary N) is 1. The van der Waals surface area contributed by atoms with Crippen LogP contribution in [0.2, 0.25) is 4.34 Å². The van der Waals surface area contributed by atoms with Crippen molar-refractivity contribution in [2.75, 3.05) is 25.4 Å². The van der Waals surface area contributed by atoms with E-state index in [1.807, 2.05) is 6.07 Å². The number of carbonyl (C=O) groups excluding carboxylic acids is 1. The van der Waals surface area contributed by atoms with E-state index in [9.17, 15) is 13.2 Å². The summed E-state index contributed by atoms with van der Waals surface area (Å²) in [6.45, 7) is 0.740. The van der Waals surface area contributed by atoms with E-state index in [2.05, 4.69) is 9.97 Å². The number of thiophene rings is 2. The van der Waals surface area contributed by atoms with E-state index in [0.29, 0.717) is 23.2 Å². The number of fused-ring (bicyclic) bond motifs is 1. The first-order valence-corrected chi connectivity index (χ1v) is 12.0. The van der Waals surface area contributed by atoms with Gasteiger partial charge >= 0.3 is 0 Å². The Bertz CT molecular complexity index is 1200. The van der Waals surface area contributed by atoms with Gasteiger partial charge in [-0.05, 0) is 24.3 Å². The van der Waals surface area contributed by atoms with Crippen LogP contribution in [0.5, 0.6) is 0 Å². The van der Waals surface area contributed by atoms with Crippen LogP contribution in [-0.2, 0) is 21.4 Å². The lowest BCUT2D eigenvalue weighted by Crippen LogP contribution is -2.51. The standard InChI is InChI=1S/C17H16ClN5O3S3/c18-14-2-1-11(27-14)3-6-29(25,26)23-5-4-22(15(24)9-23)8-12-7-13-16(28-12)17(19)21-10-20-13/h1-3,6-7,10H,4-5,8-9H2,(H2,19,20,21)/b6-3+. The molecule has 0 unspecified atom stereocenters. The zero-order valence-corrected chi connectivity index (χ0v) is 18.2. The van der Waals surface area contributed by atoms with Gasteiger partial charge in [-0.25, -0.2) is 18.4 Å². The smallest absolute Gasteiger partial charge is 0.238 e. The van der Waals surface area contributed by atoms with Gasteiger partial charge in [0.15, 0.2) is 0 Å². The quantitative estimate of drug-likeness (QED) is 0.615. The Balaban J connectivity index is 1.42. The van der Waals surface area contributed by atoms with Crippen LogP contribution >= 0.6 is 34.3 Å². The number of hydrogen-bond acceptors (Lipinski definition) is 8. The molecule has 0 aliphatic carbocycles. The van der Waals surface area contributed by atoms with Crippen molar-refractivity contribution in [2.45, 2.75) is 6.54 Å². The number of sulfonamides is 1. The molecule has 0 bridgehead atoms. The molecule has 0 aromatic carbocycles. The van der Waals surface area contributed by atoms with Gasteiger partial charge in [0.1, 0.15) is 12.1 Å². The van der Waals surface area contributed by atoms with Gasteiger partial charge in [0.05, 0.1) is 27.6 Å². The molecule has 3 aromatic heterocycles. The zero-order chi connectivity index (χ0) is 20.6. The molecule has 1 amide bonds. The Kier molecular flexibility index (Phi) is 5.58. The van der Waals surface area contributed by atoms with Gasteiger partial charge in [-0.3, -0.25) is 4.79 Å². The third kappa shape index (κ3) is 4.43. The van der Waals surface area contributed by atoms with E-state index < -0.39 is 10.0 Å². The average Bonchev–Trinajstić information content (AvgIpc) is 3.28. The SMILES string of the molecule is Nc1ncnc2cc(CN3CCN(S(=O)(=O)/C=C/c4ccc(Cl)s4)CC3=O)sc12. The van der Waals surface area contributed by atoms with Crippen LogP contribution in [0.4, 0.5) is 5.82 Å². The summed E-state index contributed by atoms with van der Waals surface area (Å²) >= 11 is 8.58. The maximum absolute atomic E-state index is 12.5. The summed E-state index contributed by atoms with van der Waals surface area (Å²) < 4.78 is 27.6. The minimum absolute atomic E-state index is 0.190. The summed E-state index contributed by atoms with van der Waals surface area (Å²) in [6, 6.07) is 5.32. The predicted molar refractivity (Wildman–Crippen MR) is 116 cm³/mol. The normalized spacial score (nSPS) is 16.3. The van der Waals surface area contributed by atoms with E-state index >= 15 is 0 Å². The van der Waals surface area contributed by atoms with Crippen molar-refractivity contribution < 1.29 is 13.2 Å². The van der Waals surface area contributed by atoms with Crippen LogP contribution in [0.3, 0.4) is 0 Å². The van der Waals surface area contributed by atoms with Crippen molar-refractivity contribution in [2.24, 2.45) is 0 Å². The second-order valence-corrected chi connectivity index (χ2v) is 11.0. The van der Waals surface area contributed by atoms with Crippen LogP contribution in [0, 0.1) is 0 Å². The molecule has 1 aliphatic rings. The van der Waals surface area contributed by atoms with Gasteiger partial charge in [-0.15, -0.1) is 22.7 Å². The van der Waals surface area contributed by atoms with Gasteiger partial charge in [-0.1, -0.05) is 11.6 Å². The largest absolute Gasteiger partial charge is 0.382 e. The van der Waals surface area contributed by atoms with Crippen molar-refractivity contribution in [3.05, 3.63) is 44.0 Å². The minimum atomic E-state index is -3.69. The van der Waals surface area contributed by atoms with Gasteiger partial charge in [-0.2, -0.15) is 4.31 Å². The highest BCUT2D eigenvalue weighted by molar-refractivity contribution is 7.92. The Morgan fingerprint density at radius 1 is 1.24 bits per heavy atom. The van der Waals surface area contributed by atoms with Crippen LogP contribution < -0.4 is 5.73 Å². The topological polar surface area (TPSA) is 109 Å². The minimum Gasteiger partial charge on any atom is -0.382 e. The van der Waals surface area contributed by atoms with Crippen LogP contribution in [0.15, 0.2) is 29.9 Å². The Morgan fingerprint density at radius 3 is 2.76 bits per heavy atom. The van der Waals surface area contributed by atoms with Crippen LogP contribution in [0.25, 0.3) is 16.3 Å². The van der Waals surface area contributed by atoms with Crippen molar-refractivity contribution >= 4 is 72.3 Å². The molecule has 1 saturated heterocycles. The fraction of sp³-hybridized carbons (Fsp3) is 0.235. The highest BCUT2D eigenvalue weighted by atomic mass is 35.5. The summed E-state index contributed by atoms with van der Waals surface area (Å²) in [5.74, 6) is 0.163. The lowest BCUT2D eigenvalue weighted by molar-refractivity contribution is -0.134. The summed E-state index contributed by atoms with van der Waals surface area (Å²) in [4.78, 5) is 24.0. The second-order valence-electron chi connectivity index (χ2n) is 6.32. The lowest BCUT2D eigenvalue weighted by atomic mass is 10.3. The maximum atomic E-state index is 12.5. The highest BCUT2D eigenvalue weighted by Gasteiger charge is 2.30. The third-order valence-electron chi connectivity index (χ3n) is 4.38. The molecule has 12 heteroatoms. The van der Waals surface area contributed by atoms with Crippen molar-refractivity contribution in [1.82, 2.24) is 19.2 Å². The third-order valence-corrected chi connectivity index (χ3v) is 8.22. The van der Waals surface area contributed by atoms with Crippen molar-refractivity contribution in [1.29, 1.82) is 0 Å². The van der Waals surface area contributed by atoms with E-state index in [-0.39, 0.29) is 19.0 Å². The van der Waals surface area contributed by atoms with Gasteiger partial charge < -0.3 is 10.6 Å². The molecular formula is C17H16ClN5O3S3. The number of aromatic nitrogens is 2. The van der Waals surface area contributed by atoms with Crippen molar-refractivity contribution in [3.63, 3.8) is 0 Å². The number of halogens is 1. The first kappa shape index (κ1) is 20.2. The molecule has 0 radical (unpaired) electrons. The molecular weight excluding hydrogens is 454 g/mol.